The molecule has 0 aliphatic carbocycles. The number of hydrogen-bond donors (Lipinski definition) is 0. The normalized spacial score (nSPS) is 38.6. The van der Waals surface area contributed by atoms with Gasteiger partial charge in [0.2, 0.25) is 0 Å². The monoisotopic (exact) mass is 677 g/mol. The smallest absolute Gasteiger partial charge is 0.420 e. The Balaban J connectivity index is 2.12. The van der Waals surface area contributed by atoms with E-state index in [0.29, 0.717) is 12.0 Å². The zero-order valence-electron chi connectivity index (χ0n) is 30.6. The van der Waals surface area contributed by atoms with Gasteiger partial charge in [-0.15, -0.1) is 0 Å². The molecule has 2 aliphatic heterocycles. The summed E-state index contributed by atoms with van der Waals surface area (Å²) in [6, 6.07) is -0.0348. The van der Waals surface area contributed by atoms with Gasteiger partial charge in [0.1, 0.15) is 24.5 Å². The molecular weight excluding hydrogens is 622 g/mol. The van der Waals surface area contributed by atoms with Crippen molar-refractivity contribution in [1.82, 2.24) is 14.5 Å². The zero-order chi connectivity index (χ0) is 36.1. The van der Waals surface area contributed by atoms with E-state index in [1.807, 2.05) is 21.0 Å². The summed E-state index contributed by atoms with van der Waals surface area (Å²) in [4.78, 5) is 60.9. The van der Waals surface area contributed by atoms with Crippen LogP contribution in [0.15, 0.2) is 30.4 Å². The number of hydrogen-bond acceptors (Lipinski definition) is 12. The first kappa shape index (κ1) is 39.5. The average Bonchev–Trinajstić information content (AvgIpc) is 3.59. The van der Waals surface area contributed by atoms with Crippen LogP contribution in [0.4, 0.5) is 4.79 Å². The number of imidazole rings is 1. The molecule has 48 heavy (non-hydrogen) atoms. The summed E-state index contributed by atoms with van der Waals surface area (Å²) in [5.74, 6) is -4.20. The third-order valence-corrected chi connectivity index (χ3v) is 9.90. The first-order valence-corrected chi connectivity index (χ1v) is 16.7. The minimum Gasteiger partial charge on any atom is -0.457 e. The third kappa shape index (κ3) is 8.60. The number of ketones is 2. The van der Waals surface area contributed by atoms with Crippen LogP contribution in [0.5, 0.6) is 0 Å². The predicted octanol–water partition coefficient (Wildman–Crippen LogP) is 4.22. The molecule has 1 saturated heterocycles. The van der Waals surface area contributed by atoms with Crippen molar-refractivity contribution in [2.45, 2.75) is 123 Å². The highest BCUT2D eigenvalue weighted by Crippen LogP contribution is 2.38. The standard InChI is InChI=1S/C35H55N3O10/c1-13-26-34(7,48-33(42)38-15-14-36-19-38)17-20(2)27(39)21(3)18-35(8,44-12)30(23(5)28(40)24(6)31(41)46-26)47-32-29(43-11)25(37(9)10)16-22(4)45-32/h14-15,17,19,21-26,29-30,32H,13,16,18H2,1-12H3/b20-17+/t21-,22-,23+,24?,25+,26-,29-,30-,32+,34+,35-/m1/s1. The van der Waals surface area contributed by atoms with Crippen LogP contribution >= 0.6 is 0 Å². The van der Waals surface area contributed by atoms with E-state index in [2.05, 4.69) is 9.88 Å². The lowest BCUT2D eigenvalue weighted by molar-refractivity contribution is -0.299. The zero-order valence-corrected chi connectivity index (χ0v) is 30.6. The molecule has 0 N–H and O–H groups in total. The summed E-state index contributed by atoms with van der Waals surface area (Å²) in [5.41, 5.74) is -2.45. The largest absolute Gasteiger partial charge is 0.457 e. The molecule has 0 saturated carbocycles. The molecule has 0 amide bonds. The number of allylic oxidation sites excluding steroid dienone is 1. The number of carbonyl (C=O) groups is 4. The third-order valence-electron chi connectivity index (χ3n) is 9.90. The Kier molecular flexibility index (Phi) is 13.3. The molecule has 2 aliphatic rings. The molecule has 3 rings (SSSR count). The van der Waals surface area contributed by atoms with E-state index >= 15 is 0 Å². The summed E-state index contributed by atoms with van der Waals surface area (Å²) in [5, 5.41) is 0. The van der Waals surface area contributed by atoms with Crippen molar-refractivity contribution < 1.29 is 47.6 Å². The fraction of sp³-hybridized carbons (Fsp3) is 0.743. The highest BCUT2D eigenvalue weighted by atomic mass is 16.7. The number of cyclic esters (lactones) is 1. The number of aromatic nitrogens is 2. The van der Waals surface area contributed by atoms with Gasteiger partial charge in [0, 0.05) is 44.5 Å². The van der Waals surface area contributed by atoms with Gasteiger partial charge in [-0.25, -0.2) is 14.3 Å². The summed E-state index contributed by atoms with van der Waals surface area (Å²) < 4.78 is 38.0. The quantitative estimate of drug-likeness (QED) is 0.301. The lowest BCUT2D eigenvalue weighted by Crippen LogP contribution is -2.59. The Morgan fingerprint density at radius 1 is 1.12 bits per heavy atom. The number of likely N-dealkylation sites (N-methyl/N-ethyl adjacent to an activating group) is 1. The number of ether oxygens (including phenoxy) is 6. The van der Waals surface area contributed by atoms with Crippen LogP contribution in [-0.2, 0) is 42.8 Å². The van der Waals surface area contributed by atoms with Gasteiger partial charge in [0.15, 0.2) is 23.5 Å². The molecule has 1 fully saturated rings. The van der Waals surface area contributed by atoms with Crippen molar-refractivity contribution in [2.24, 2.45) is 17.8 Å². The van der Waals surface area contributed by atoms with E-state index in [4.69, 9.17) is 28.4 Å². The molecule has 1 aromatic heterocycles. The van der Waals surface area contributed by atoms with E-state index in [9.17, 15) is 19.2 Å². The lowest BCUT2D eigenvalue weighted by Gasteiger charge is -2.47. The highest BCUT2D eigenvalue weighted by molar-refractivity contribution is 6.00. The molecule has 3 heterocycles. The fourth-order valence-corrected chi connectivity index (χ4v) is 7.04. The van der Waals surface area contributed by atoms with E-state index < -0.39 is 71.4 Å². The van der Waals surface area contributed by atoms with Gasteiger partial charge in [0.25, 0.3) is 0 Å². The molecule has 13 nitrogen and oxygen atoms in total. The molecule has 0 bridgehead atoms. The maximum absolute atomic E-state index is 14.2. The number of methoxy groups -OCH3 is 2. The van der Waals surface area contributed by atoms with Crippen molar-refractivity contribution in [3.8, 4) is 0 Å². The highest BCUT2D eigenvalue weighted by Gasteiger charge is 2.50. The molecule has 11 atom stereocenters. The van der Waals surface area contributed by atoms with Gasteiger partial charge in [-0.2, -0.15) is 0 Å². The SMILES string of the molecule is CC[C@H]1OC(=O)C(C)C(=O)[C@H](C)[C@@H](O[C@@H]2O[C@H](C)C[C@H](N(C)C)[C@H]2OC)[C@](C)(OC)C[C@@H](C)C(=O)/C(C)=C/[C@]1(C)OC(=O)n1ccnc1. The summed E-state index contributed by atoms with van der Waals surface area (Å²) in [6.45, 7) is 13.7. The topological polar surface area (TPSA) is 145 Å². The maximum Gasteiger partial charge on any atom is 0.420 e. The Hall–Kier alpha value is -2.97. The molecule has 1 unspecified atom stereocenters. The maximum atomic E-state index is 14.2. The van der Waals surface area contributed by atoms with Crippen LogP contribution in [0.3, 0.4) is 0 Å². The fourth-order valence-electron chi connectivity index (χ4n) is 7.04. The number of nitrogens with zero attached hydrogens (tertiary/aromatic N) is 3. The molecule has 1 aromatic rings. The number of rotatable bonds is 7. The molecule has 0 aromatic carbocycles. The Bertz CT molecular complexity index is 1320. The Morgan fingerprint density at radius 3 is 2.33 bits per heavy atom. The van der Waals surface area contributed by atoms with Crippen LogP contribution in [0, 0.1) is 17.8 Å². The van der Waals surface area contributed by atoms with Crippen molar-refractivity contribution in [3.05, 3.63) is 30.4 Å². The lowest BCUT2D eigenvalue weighted by atomic mass is 9.77. The van der Waals surface area contributed by atoms with Crippen LogP contribution in [0.1, 0.15) is 74.7 Å². The second kappa shape index (κ2) is 16.2. The van der Waals surface area contributed by atoms with Crippen LogP contribution in [-0.4, -0.2) is 114 Å². The van der Waals surface area contributed by atoms with Crippen LogP contribution < -0.4 is 0 Å². The number of esters is 1. The minimum atomic E-state index is -1.56. The second-order valence-corrected chi connectivity index (χ2v) is 13.9. The Labute approximate surface area is 284 Å². The predicted molar refractivity (Wildman–Crippen MR) is 176 cm³/mol. The molecule has 270 valence electrons. The van der Waals surface area contributed by atoms with E-state index in [1.165, 1.54) is 38.8 Å². The van der Waals surface area contributed by atoms with Crippen molar-refractivity contribution in [1.29, 1.82) is 0 Å². The summed E-state index contributed by atoms with van der Waals surface area (Å²) >= 11 is 0. The van der Waals surface area contributed by atoms with Crippen molar-refractivity contribution in [3.63, 3.8) is 0 Å². The van der Waals surface area contributed by atoms with Gasteiger partial charge < -0.3 is 33.3 Å². The number of carbonyl (C=O) groups excluding carboxylic acids is 4. The first-order chi connectivity index (χ1) is 22.4. The first-order valence-electron chi connectivity index (χ1n) is 16.7. The van der Waals surface area contributed by atoms with Crippen molar-refractivity contribution in [2.75, 3.05) is 28.3 Å². The molecule has 0 radical (unpaired) electrons. The summed E-state index contributed by atoms with van der Waals surface area (Å²) in [6.07, 6.45) is 2.46. The van der Waals surface area contributed by atoms with E-state index in [-0.39, 0.29) is 30.8 Å². The van der Waals surface area contributed by atoms with Gasteiger partial charge in [-0.1, -0.05) is 20.8 Å². The minimum absolute atomic E-state index is 0.0348. The average molecular weight is 678 g/mol. The molecular formula is C35H55N3O10. The van der Waals surface area contributed by atoms with Crippen LogP contribution in [0.25, 0.3) is 0 Å². The number of Topliss-reactive ketones (excluding diaryl/α,β-unsaturated/α-hetero) is 2. The van der Waals surface area contributed by atoms with E-state index in [0.717, 1.165) is 4.57 Å². The van der Waals surface area contributed by atoms with Crippen LogP contribution in [0.2, 0.25) is 0 Å². The molecule has 13 heteroatoms. The summed E-state index contributed by atoms with van der Waals surface area (Å²) in [7, 11) is 7.02. The van der Waals surface area contributed by atoms with Gasteiger partial charge >= 0.3 is 12.1 Å². The molecule has 0 spiro atoms. The van der Waals surface area contributed by atoms with Gasteiger partial charge in [0.05, 0.1) is 17.8 Å². The Morgan fingerprint density at radius 2 is 1.79 bits per heavy atom. The van der Waals surface area contributed by atoms with Gasteiger partial charge in [-0.05, 0) is 79.6 Å². The van der Waals surface area contributed by atoms with Crippen molar-refractivity contribution >= 4 is 23.6 Å². The second-order valence-electron chi connectivity index (χ2n) is 13.9. The van der Waals surface area contributed by atoms with Gasteiger partial charge in [-0.3, -0.25) is 14.4 Å². The van der Waals surface area contributed by atoms with E-state index in [1.54, 1.807) is 48.7 Å².